The fourth-order valence-electron chi connectivity index (χ4n) is 2.17. The Morgan fingerprint density at radius 2 is 2.20 bits per heavy atom. The van der Waals surface area contributed by atoms with Gasteiger partial charge in [0.2, 0.25) is 5.91 Å². The molecule has 0 aliphatic carbocycles. The molecule has 0 bridgehead atoms. The van der Waals surface area contributed by atoms with Crippen molar-refractivity contribution in [1.82, 2.24) is 0 Å². The number of thioether (sulfide) groups is 1. The van der Waals surface area contributed by atoms with Crippen LogP contribution in [0.5, 0.6) is 0 Å². The molecule has 1 aromatic rings. The van der Waals surface area contributed by atoms with E-state index in [1.165, 1.54) is 24.4 Å². The summed E-state index contributed by atoms with van der Waals surface area (Å²) in [6.07, 6.45) is 0.897. The summed E-state index contributed by atoms with van der Waals surface area (Å²) in [7, 11) is 1.30. The van der Waals surface area contributed by atoms with E-state index in [-0.39, 0.29) is 5.91 Å². The number of anilines is 1. The number of rotatable bonds is 5. The Balaban J connectivity index is 1.84. The molecule has 2 rings (SSSR count). The first kappa shape index (κ1) is 14.9. The molecule has 1 aromatic carbocycles. The number of hydrogen-bond acceptors (Lipinski definition) is 5. The zero-order valence-electron chi connectivity index (χ0n) is 11.4. The summed E-state index contributed by atoms with van der Waals surface area (Å²) in [6, 6.07) is 7.25. The zero-order valence-corrected chi connectivity index (χ0v) is 12.2. The molecule has 1 amide bonds. The van der Waals surface area contributed by atoms with Gasteiger partial charge >= 0.3 is 5.97 Å². The lowest BCUT2D eigenvalue weighted by Gasteiger charge is -2.17. The number of hydrogen-bond donors (Lipinski definition) is 1. The van der Waals surface area contributed by atoms with Crippen LogP contribution in [-0.4, -0.2) is 43.1 Å². The minimum atomic E-state index is -0.677. The number of nitrogens with two attached hydrogens (primary N) is 1. The third-order valence-corrected chi connectivity index (χ3v) is 4.26. The van der Waals surface area contributed by atoms with Crippen molar-refractivity contribution in [3.05, 3.63) is 29.8 Å². The van der Waals surface area contributed by atoms with Crippen molar-refractivity contribution in [3.8, 4) is 0 Å². The van der Waals surface area contributed by atoms with Gasteiger partial charge in [0.15, 0.2) is 0 Å². The summed E-state index contributed by atoms with van der Waals surface area (Å²) in [5.74, 6) is 0.306. The molecule has 0 radical (unpaired) electrons. The number of carbonyl (C=O) groups excluding carboxylic acids is 2. The van der Waals surface area contributed by atoms with Crippen molar-refractivity contribution in [2.75, 3.05) is 30.1 Å². The van der Waals surface area contributed by atoms with Crippen LogP contribution in [0.4, 0.5) is 5.69 Å². The molecule has 1 aliphatic rings. The van der Waals surface area contributed by atoms with Crippen molar-refractivity contribution >= 4 is 29.3 Å². The topological polar surface area (TPSA) is 72.6 Å². The van der Waals surface area contributed by atoms with Crippen LogP contribution < -0.4 is 10.6 Å². The Labute approximate surface area is 122 Å². The highest BCUT2D eigenvalue weighted by molar-refractivity contribution is 8.00. The normalized spacial score (nSPS) is 14.8. The minimum Gasteiger partial charge on any atom is -0.468 e. The molecule has 0 saturated carbocycles. The van der Waals surface area contributed by atoms with E-state index in [4.69, 9.17) is 5.73 Å². The predicted molar refractivity (Wildman–Crippen MR) is 79.8 cm³/mol. The van der Waals surface area contributed by atoms with E-state index in [0.29, 0.717) is 11.5 Å². The van der Waals surface area contributed by atoms with E-state index in [2.05, 4.69) is 4.74 Å². The SMILES string of the molecule is COC(=O)C(N)CSCC(=O)N1CCc2ccccc21. The molecule has 0 saturated heterocycles. The van der Waals surface area contributed by atoms with Crippen LogP contribution in [0.3, 0.4) is 0 Å². The van der Waals surface area contributed by atoms with E-state index in [0.717, 1.165) is 18.7 Å². The van der Waals surface area contributed by atoms with Gasteiger partial charge in [-0.3, -0.25) is 9.59 Å². The van der Waals surface area contributed by atoms with Crippen molar-refractivity contribution in [2.45, 2.75) is 12.5 Å². The number of fused-ring (bicyclic) bond motifs is 1. The number of carbonyl (C=O) groups is 2. The third-order valence-electron chi connectivity index (χ3n) is 3.22. The van der Waals surface area contributed by atoms with Crippen LogP contribution in [-0.2, 0) is 20.7 Å². The lowest BCUT2D eigenvalue weighted by molar-refractivity contribution is -0.141. The summed E-state index contributed by atoms with van der Waals surface area (Å²) in [4.78, 5) is 25.1. The van der Waals surface area contributed by atoms with Gasteiger partial charge < -0.3 is 15.4 Å². The highest BCUT2D eigenvalue weighted by Gasteiger charge is 2.24. The summed E-state index contributed by atoms with van der Waals surface area (Å²) in [5, 5.41) is 0. The molecule has 0 spiro atoms. The molecule has 1 atom stereocenters. The molecule has 2 N–H and O–H groups in total. The smallest absolute Gasteiger partial charge is 0.323 e. The molecule has 1 unspecified atom stereocenters. The van der Waals surface area contributed by atoms with E-state index in [1.807, 2.05) is 24.3 Å². The van der Waals surface area contributed by atoms with E-state index in [1.54, 1.807) is 4.90 Å². The number of ether oxygens (including phenoxy) is 1. The maximum absolute atomic E-state index is 12.2. The van der Waals surface area contributed by atoms with E-state index < -0.39 is 12.0 Å². The maximum Gasteiger partial charge on any atom is 0.323 e. The van der Waals surface area contributed by atoms with Crippen LogP contribution in [0.15, 0.2) is 24.3 Å². The fourth-order valence-corrected chi connectivity index (χ4v) is 3.01. The second-order valence-corrected chi connectivity index (χ2v) is 5.60. The molecule has 6 heteroatoms. The molecule has 0 fully saturated rings. The molecule has 5 nitrogen and oxygen atoms in total. The van der Waals surface area contributed by atoms with Crippen LogP contribution in [0.1, 0.15) is 5.56 Å². The third kappa shape index (κ3) is 3.32. The molecule has 20 heavy (non-hydrogen) atoms. The van der Waals surface area contributed by atoms with Crippen molar-refractivity contribution in [1.29, 1.82) is 0 Å². The van der Waals surface area contributed by atoms with Gasteiger partial charge in [-0.05, 0) is 18.1 Å². The van der Waals surface area contributed by atoms with Crippen molar-refractivity contribution < 1.29 is 14.3 Å². The molecule has 1 aliphatic heterocycles. The zero-order chi connectivity index (χ0) is 14.5. The lowest BCUT2D eigenvalue weighted by Crippen LogP contribution is -2.35. The van der Waals surface area contributed by atoms with Gasteiger partial charge in [-0.25, -0.2) is 0 Å². The molecular formula is C14H18N2O3S. The van der Waals surface area contributed by atoms with Crippen LogP contribution >= 0.6 is 11.8 Å². The van der Waals surface area contributed by atoms with Gasteiger partial charge in [0.1, 0.15) is 6.04 Å². The summed E-state index contributed by atoms with van der Waals surface area (Å²) < 4.78 is 4.54. The largest absolute Gasteiger partial charge is 0.468 e. The van der Waals surface area contributed by atoms with Gasteiger partial charge in [0, 0.05) is 18.0 Å². The van der Waals surface area contributed by atoms with Crippen LogP contribution in [0.25, 0.3) is 0 Å². The highest BCUT2D eigenvalue weighted by Crippen LogP contribution is 2.27. The van der Waals surface area contributed by atoms with Crippen molar-refractivity contribution in [3.63, 3.8) is 0 Å². The first-order valence-electron chi connectivity index (χ1n) is 6.43. The molecule has 108 valence electrons. The first-order valence-corrected chi connectivity index (χ1v) is 7.58. The number of nitrogens with zero attached hydrogens (tertiary/aromatic N) is 1. The fraction of sp³-hybridized carbons (Fsp3) is 0.429. The van der Waals surface area contributed by atoms with Gasteiger partial charge in [0.05, 0.1) is 12.9 Å². The maximum atomic E-state index is 12.2. The van der Waals surface area contributed by atoms with Gasteiger partial charge in [-0.1, -0.05) is 18.2 Å². The van der Waals surface area contributed by atoms with Crippen molar-refractivity contribution in [2.24, 2.45) is 5.73 Å². The Kier molecular flexibility index (Phi) is 5.03. The second kappa shape index (κ2) is 6.76. The number of esters is 1. The lowest BCUT2D eigenvalue weighted by atomic mass is 10.2. The van der Waals surface area contributed by atoms with Gasteiger partial charge in [-0.15, -0.1) is 11.8 Å². The summed E-state index contributed by atoms with van der Waals surface area (Å²) in [5.41, 5.74) is 7.83. The first-order chi connectivity index (χ1) is 9.63. The average molecular weight is 294 g/mol. The van der Waals surface area contributed by atoms with Gasteiger partial charge in [-0.2, -0.15) is 0 Å². The monoisotopic (exact) mass is 294 g/mol. The number of amides is 1. The van der Waals surface area contributed by atoms with Crippen LogP contribution in [0.2, 0.25) is 0 Å². The van der Waals surface area contributed by atoms with E-state index >= 15 is 0 Å². The Morgan fingerprint density at radius 1 is 1.45 bits per heavy atom. The van der Waals surface area contributed by atoms with Gasteiger partial charge in [0.25, 0.3) is 0 Å². The summed E-state index contributed by atoms with van der Waals surface area (Å²) in [6.45, 7) is 0.724. The van der Waals surface area contributed by atoms with Crippen LogP contribution in [0, 0.1) is 0 Å². The Bertz CT molecular complexity index is 507. The van der Waals surface area contributed by atoms with E-state index in [9.17, 15) is 9.59 Å². The number of benzene rings is 1. The Hall–Kier alpha value is -1.53. The number of methoxy groups -OCH3 is 1. The molecule has 1 heterocycles. The molecular weight excluding hydrogens is 276 g/mol. The average Bonchev–Trinajstić information content (AvgIpc) is 2.90. The quantitative estimate of drug-likeness (QED) is 0.814. The second-order valence-electron chi connectivity index (χ2n) is 4.57. The highest BCUT2D eigenvalue weighted by atomic mass is 32.2. The Morgan fingerprint density at radius 3 is 2.95 bits per heavy atom. The minimum absolute atomic E-state index is 0.0528. The summed E-state index contributed by atoms with van der Waals surface area (Å²) >= 11 is 1.36. The predicted octanol–water partition coefficient (Wildman–Crippen LogP) is 0.809. The molecule has 0 aromatic heterocycles. The number of para-hydroxylation sites is 1. The standard InChI is InChI=1S/C14H18N2O3S/c1-19-14(18)11(15)8-20-9-13(17)16-7-6-10-4-2-3-5-12(10)16/h2-5,11H,6-9,15H2,1H3.